The summed E-state index contributed by atoms with van der Waals surface area (Å²) in [5.74, 6) is -1.17. The number of carbonyl (C=O) groups is 2. The number of amides is 1. The number of aliphatic hydroxyl groups excluding tert-OH is 1. The van der Waals surface area contributed by atoms with Crippen LogP contribution in [-0.4, -0.2) is 71.7 Å². The van der Waals surface area contributed by atoms with Crippen molar-refractivity contribution in [3.8, 4) is 0 Å². The highest BCUT2D eigenvalue weighted by molar-refractivity contribution is 8.01. The molecule has 2 aromatic rings. The van der Waals surface area contributed by atoms with Crippen LogP contribution in [0, 0.1) is 11.8 Å². The van der Waals surface area contributed by atoms with Crippen LogP contribution in [0.2, 0.25) is 0 Å². The number of β-lactam (4-membered cyclic amide) rings is 1. The van der Waals surface area contributed by atoms with Crippen LogP contribution in [-0.2, 0) is 9.59 Å². The van der Waals surface area contributed by atoms with E-state index in [4.69, 9.17) is 0 Å². The zero-order chi connectivity index (χ0) is 22.6. The van der Waals surface area contributed by atoms with Gasteiger partial charge >= 0.3 is 5.97 Å². The number of aromatic amines is 1. The first-order valence-corrected chi connectivity index (χ1v) is 12.6. The number of benzene rings is 1. The average molecular weight is 475 g/mol. The number of hydrogen-bond donors (Lipinski definition) is 3. The average Bonchev–Trinajstić information content (AvgIpc) is 3.42. The molecule has 170 valence electrons. The van der Waals surface area contributed by atoms with Crippen LogP contribution < -0.4 is 0 Å². The summed E-state index contributed by atoms with van der Waals surface area (Å²) in [5, 5.41) is 20.8. The number of rotatable bonds is 7. The van der Waals surface area contributed by atoms with Gasteiger partial charge < -0.3 is 20.1 Å². The maximum absolute atomic E-state index is 12.6. The number of para-hydroxylation sites is 2. The Kier molecular flexibility index (Phi) is 5.73. The number of hydrogen-bond acceptors (Lipinski definition) is 7. The fraction of sp³-hybridized carbons (Fsp3) is 0.500. The van der Waals surface area contributed by atoms with Gasteiger partial charge in [0, 0.05) is 29.2 Å². The van der Waals surface area contributed by atoms with Gasteiger partial charge in [0.15, 0.2) is 5.16 Å². The van der Waals surface area contributed by atoms with Gasteiger partial charge in [-0.15, -0.1) is 0 Å². The molecule has 10 heteroatoms. The first-order valence-electron chi connectivity index (χ1n) is 10.9. The third-order valence-electron chi connectivity index (χ3n) is 6.63. The van der Waals surface area contributed by atoms with Crippen LogP contribution in [0.4, 0.5) is 0 Å². The van der Waals surface area contributed by atoms with Crippen molar-refractivity contribution in [3.05, 3.63) is 34.9 Å². The van der Waals surface area contributed by atoms with Crippen LogP contribution in [0.3, 0.4) is 0 Å². The molecule has 0 aliphatic carbocycles. The predicted octanol–water partition coefficient (Wildman–Crippen LogP) is 2.92. The van der Waals surface area contributed by atoms with Crippen molar-refractivity contribution in [1.82, 2.24) is 19.2 Å². The summed E-state index contributed by atoms with van der Waals surface area (Å²) in [7, 11) is 0. The molecule has 2 fully saturated rings. The van der Waals surface area contributed by atoms with Gasteiger partial charge in [-0.3, -0.25) is 4.79 Å². The number of carboxylic acids is 1. The van der Waals surface area contributed by atoms with E-state index in [9.17, 15) is 19.8 Å². The van der Waals surface area contributed by atoms with E-state index in [1.807, 2.05) is 31.2 Å². The summed E-state index contributed by atoms with van der Waals surface area (Å²) in [6.45, 7) is 4.44. The minimum Gasteiger partial charge on any atom is -0.477 e. The molecule has 3 aliphatic heterocycles. The number of aromatic nitrogens is 2. The lowest BCUT2D eigenvalue weighted by Gasteiger charge is -2.46. The van der Waals surface area contributed by atoms with Crippen LogP contribution in [0.1, 0.15) is 26.7 Å². The standard InChI is InChI=1S/C22H26N4O4S2/c1-11-17-16(12(2)27)20(28)26(17)18(21(29)30)19(11)32-25-9-5-6-13(25)10-31-22-23-14-7-3-4-8-15(14)24-22/h3-4,7-8,11-13,16-17,27H,5-6,9-10H2,1-2H3,(H,23,24)(H,29,30)/t11?,12-,13?,16?,17?/m0/s1. The molecule has 4 heterocycles. The molecule has 0 bridgehead atoms. The fourth-order valence-electron chi connectivity index (χ4n) is 5.04. The Hall–Kier alpha value is -2.01. The van der Waals surface area contributed by atoms with E-state index in [2.05, 4.69) is 14.3 Å². The highest BCUT2D eigenvalue weighted by Crippen LogP contribution is 2.52. The van der Waals surface area contributed by atoms with Crippen LogP contribution in [0.15, 0.2) is 40.0 Å². The Balaban J connectivity index is 1.31. The summed E-state index contributed by atoms with van der Waals surface area (Å²) in [6, 6.07) is 7.96. The quantitative estimate of drug-likeness (QED) is 0.319. The first kappa shape index (κ1) is 21.8. The third-order valence-corrected chi connectivity index (χ3v) is 9.13. The maximum atomic E-state index is 12.6. The summed E-state index contributed by atoms with van der Waals surface area (Å²) in [6.07, 6.45) is 1.29. The molecule has 0 saturated carbocycles. The number of nitrogens with one attached hydrogen (secondary N) is 1. The van der Waals surface area contributed by atoms with Crippen molar-refractivity contribution in [1.29, 1.82) is 0 Å². The molecule has 0 spiro atoms. The minimum absolute atomic E-state index is 0.0880. The topological polar surface area (TPSA) is 110 Å². The van der Waals surface area contributed by atoms with Gasteiger partial charge in [0.2, 0.25) is 5.91 Å². The highest BCUT2D eigenvalue weighted by atomic mass is 32.2. The Morgan fingerprint density at radius 1 is 1.38 bits per heavy atom. The second-order valence-corrected chi connectivity index (χ2v) is 10.8. The monoisotopic (exact) mass is 474 g/mol. The summed E-state index contributed by atoms with van der Waals surface area (Å²) >= 11 is 3.16. The van der Waals surface area contributed by atoms with Crippen LogP contribution in [0.25, 0.3) is 11.0 Å². The van der Waals surface area contributed by atoms with Crippen molar-refractivity contribution in [3.63, 3.8) is 0 Å². The van der Waals surface area contributed by atoms with Crippen molar-refractivity contribution in [2.45, 2.75) is 50.0 Å². The Bertz CT molecular complexity index is 1070. The minimum atomic E-state index is -1.08. The zero-order valence-electron chi connectivity index (χ0n) is 17.9. The number of carbonyl (C=O) groups excluding carboxylic acids is 1. The van der Waals surface area contributed by atoms with Crippen molar-refractivity contribution in [2.24, 2.45) is 11.8 Å². The molecule has 32 heavy (non-hydrogen) atoms. The number of aliphatic hydroxyl groups is 1. The van der Waals surface area contributed by atoms with Gasteiger partial charge in [0.25, 0.3) is 0 Å². The molecule has 1 aromatic heterocycles. The van der Waals surface area contributed by atoms with Crippen molar-refractivity contribution >= 4 is 46.6 Å². The summed E-state index contributed by atoms with van der Waals surface area (Å²) < 4.78 is 2.26. The maximum Gasteiger partial charge on any atom is 0.353 e. The molecule has 0 radical (unpaired) electrons. The molecule has 8 nitrogen and oxygen atoms in total. The first-order chi connectivity index (χ1) is 15.4. The highest BCUT2D eigenvalue weighted by Gasteiger charge is 2.60. The third kappa shape index (κ3) is 3.53. The predicted molar refractivity (Wildman–Crippen MR) is 124 cm³/mol. The Morgan fingerprint density at radius 2 is 2.16 bits per heavy atom. The normalized spacial score (nSPS) is 29.0. The number of nitrogens with zero attached hydrogens (tertiary/aromatic N) is 3. The second-order valence-electron chi connectivity index (χ2n) is 8.67. The molecular formula is C22H26N4O4S2. The number of H-pyrrole nitrogens is 1. The van der Waals surface area contributed by atoms with Crippen molar-refractivity contribution < 1.29 is 19.8 Å². The van der Waals surface area contributed by atoms with Gasteiger partial charge in [-0.1, -0.05) is 30.8 Å². The van der Waals surface area contributed by atoms with E-state index in [0.29, 0.717) is 0 Å². The molecule has 1 aromatic carbocycles. The van der Waals surface area contributed by atoms with Gasteiger partial charge in [0.1, 0.15) is 5.70 Å². The molecule has 2 saturated heterocycles. The van der Waals surface area contributed by atoms with E-state index < -0.39 is 18.0 Å². The fourth-order valence-corrected chi connectivity index (χ4v) is 7.55. The summed E-state index contributed by atoms with van der Waals surface area (Å²) in [4.78, 5) is 34.7. The molecule has 5 rings (SSSR count). The van der Waals surface area contributed by atoms with E-state index in [0.717, 1.165) is 46.2 Å². The molecule has 5 atom stereocenters. The number of aliphatic carboxylic acids is 1. The van der Waals surface area contributed by atoms with E-state index in [1.165, 1.54) is 16.8 Å². The molecule has 3 N–H and O–H groups in total. The molecule has 3 aliphatic rings. The van der Waals surface area contributed by atoms with Gasteiger partial charge in [-0.05, 0) is 43.8 Å². The lowest BCUT2D eigenvalue weighted by atomic mass is 9.79. The lowest BCUT2D eigenvalue weighted by Crippen LogP contribution is -2.63. The van der Waals surface area contributed by atoms with Crippen LogP contribution in [0.5, 0.6) is 0 Å². The lowest BCUT2D eigenvalue weighted by molar-refractivity contribution is -0.163. The molecule has 1 amide bonds. The van der Waals surface area contributed by atoms with Gasteiger partial charge in [-0.2, -0.15) is 0 Å². The number of thioether (sulfide) groups is 1. The van der Waals surface area contributed by atoms with E-state index >= 15 is 0 Å². The zero-order valence-corrected chi connectivity index (χ0v) is 19.5. The smallest absolute Gasteiger partial charge is 0.353 e. The number of imidazole rings is 1. The van der Waals surface area contributed by atoms with Gasteiger partial charge in [0.05, 0.1) is 29.1 Å². The van der Waals surface area contributed by atoms with Crippen molar-refractivity contribution in [2.75, 3.05) is 12.3 Å². The Labute approximate surface area is 194 Å². The molecular weight excluding hydrogens is 448 g/mol. The number of fused-ring (bicyclic) bond motifs is 2. The van der Waals surface area contributed by atoms with Crippen LogP contribution >= 0.6 is 23.7 Å². The molecule has 4 unspecified atom stereocenters. The van der Waals surface area contributed by atoms with E-state index in [-0.39, 0.29) is 29.6 Å². The SMILES string of the molecule is CC1C(SN2CCCC2CSc2nc3ccccc3[nH]2)=C(C(=O)O)N2C(=O)C([C@H](C)O)C12. The van der Waals surface area contributed by atoms with Gasteiger partial charge in [-0.25, -0.2) is 14.1 Å². The largest absolute Gasteiger partial charge is 0.477 e. The number of carboxylic acid groups (broad SMARTS) is 1. The second kappa shape index (κ2) is 8.40. The van der Waals surface area contributed by atoms with E-state index in [1.54, 1.807) is 18.7 Å². The Morgan fingerprint density at radius 3 is 2.88 bits per heavy atom. The summed E-state index contributed by atoms with van der Waals surface area (Å²) in [5.41, 5.74) is 2.06.